The Balaban J connectivity index is 0.000000214. The summed E-state index contributed by atoms with van der Waals surface area (Å²) in [5.41, 5.74) is 6.40. The van der Waals surface area contributed by atoms with Crippen LogP contribution in [0.25, 0.3) is 32.4 Å². The molecule has 2 bridgehead atoms. The second kappa shape index (κ2) is 27.4. The molecule has 0 radical (unpaired) electrons. The number of halogens is 1. The van der Waals surface area contributed by atoms with E-state index in [0.29, 0.717) is 85.5 Å². The summed E-state index contributed by atoms with van der Waals surface area (Å²) in [7, 11) is 6.87. The van der Waals surface area contributed by atoms with Crippen LogP contribution < -0.4 is 20.1 Å². The molecule has 0 saturated carbocycles. The first-order valence-corrected chi connectivity index (χ1v) is 31.1. The molecule has 3 aromatic carbocycles. The average Bonchev–Trinajstić information content (AvgIpc) is 4.15. The predicted octanol–water partition coefficient (Wildman–Crippen LogP) is 10.4. The molecular formula is C59H77ClN9O5Os-4. The predicted molar refractivity (Wildman–Crippen MR) is 294 cm³/mol. The number of likely N-dealkylation sites (N-methyl/N-ethyl adjacent to an activating group) is 1. The standard InChI is InChI=1S/C39H41N5O5.2C10H18N2.ClH.Os/c1-44-19-16-39-30-12-13-32(45)36(39)49-35-33(14-11-28(34(35)39)21-31(30)44)48-20-2-17-41-37(46)26-7-3-24(4-8-26)25-5-9-27(10-6-25)38(47)42-18-15-29-22-40-23-43-29;2*1-3-7-11-9(5-1)10-6-2-4-8-12-10;;/h3-14,22-23,30-32,36,45H,2,15-21H2,1H3,(H,40,43)(H,41,46)(H,42,47);2*9-10H,1-8H2;1H;/q;2*-2;;+1/p-1/t30-,31+,32-,36-,39-;;;;/m0..../s1. The maximum atomic E-state index is 12.9. The van der Waals surface area contributed by atoms with Crippen LogP contribution in [0.4, 0.5) is 0 Å². The van der Waals surface area contributed by atoms with Crippen molar-refractivity contribution in [3.8, 4) is 22.6 Å². The van der Waals surface area contributed by atoms with Gasteiger partial charge in [-0.25, -0.2) is 4.98 Å². The van der Waals surface area contributed by atoms with Gasteiger partial charge in [-0.3, -0.25) is 9.59 Å². The molecule has 14 nitrogen and oxygen atoms in total. The van der Waals surface area contributed by atoms with Gasteiger partial charge in [0.15, 0.2) is 11.5 Å². The molecule has 2 aliphatic carbocycles. The quantitative estimate of drug-likeness (QED) is 0.0758. The molecule has 16 heteroatoms. The third-order valence-corrected chi connectivity index (χ3v) is 16.8. The summed E-state index contributed by atoms with van der Waals surface area (Å²) in [4.78, 5) is 34.9. The first kappa shape index (κ1) is 55.6. The molecule has 5 fully saturated rings. The van der Waals surface area contributed by atoms with Crippen molar-refractivity contribution in [3.05, 3.63) is 135 Å². The van der Waals surface area contributed by atoms with Gasteiger partial charge in [-0.2, -0.15) is 24.2 Å². The molecule has 4 N–H and O–H groups in total. The van der Waals surface area contributed by atoms with Crippen LogP contribution in [0.2, 0.25) is 0 Å². The summed E-state index contributed by atoms with van der Waals surface area (Å²) in [6.07, 6.45) is 25.8. The molecule has 12 rings (SSSR count). The van der Waals surface area contributed by atoms with Crippen LogP contribution in [0, 0.1) is 5.92 Å². The van der Waals surface area contributed by atoms with Crippen molar-refractivity contribution in [1.82, 2.24) is 25.5 Å². The van der Waals surface area contributed by atoms with Crippen molar-refractivity contribution in [2.75, 3.05) is 59.5 Å². The first-order valence-electron chi connectivity index (χ1n) is 27.9. The number of rotatable bonds is 13. The molecular weight excluding hydrogens is 1140 g/mol. The number of nitrogens with one attached hydrogen (secondary N) is 3. The van der Waals surface area contributed by atoms with E-state index in [1.165, 1.54) is 106 Å². The van der Waals surface area contributed by atoms with Crippen molar-refractivity contribution in [1.29, 1.82) is 0 Å². The van der Waals surface area contributed by atoms with Gasteiger partial charge in [0.1, 0.15) is 12.2 Å². The molecule has 1 spiro atoms. The Morgan fingerprint density at radius 2 is 1.32 bits per heavy atom. The molecule has 4 aromatic rings. The van der Waals surface area contributed by atoms with Gasteiger partial charge < -0.3 is 56.4 Å². The molecule has 4 unspecified atom stereocenters. The maximum absolute atomic E-state index is 12.9. The Kier molecular flexibility index (Phi) is 20.3. The number of aromatic amines is 1. The van der Waals surface area contributed by atoms with Crippen LogP contribution in [0.5, 0.6) is 11.5 Å². The summed E-state index contributed by atoms with van der Waals surface area (Å²) in [5, 5.41) is 35.5. The molecule has 407 valence electrons. The summed E-state index contributed by atoms with van der Waals surface area (Å²) in [6.45, 7) is 6.78. The fourth-order valence-corrected chi connectivity index (χ4v) is 12.9. The van der Waals surface area contributed by atoms with Gasteiger partial charge in [0, 0.05) is 65.5 Å². The Hall–Kier alpha value is -4.16. The van der Waals surface area contributed by atoms with E-state index in [2.05, 4.69) is 75.6 Å². The number of benzene rings is 3. The number of aromatic nitrogens is 2. The van der Waals surface area contributed by atoms with Gasteiger partial charge in [-0.1, -0.05) is 120 Å². The number of likely N-dealkylation sites (tertiary alicyclic amines) is 1. The summed E-state index contributed by atoms with van der Waals surface area (Å²) in [5.74, 6) is 1.56. The minimum absolute atomic E-state index is 0.123. The zero-order valence-electron chi connectivity index (χ0n) is 43.7. The number of piperidine rings is 5. The number of imidazole rings is 1. The second-order valence-corrected chi connectivity index (χ2v) is 21.5. The Bertz CT molecular complexity index is 2380. The van der Waals surface area contributed by atoms with Crippen molar-refractivity contribution in [2.24, 2.45) is 5.92 Å². The molecule has 2 amide bonds. The van der Waals surface area contributed by atoms with Crippen LogP contribution in [-0.4, -0.2) is 134 Å². The van der Waals surface area contributed by atoms with Gasteiger partial charge in [-0.05, 0) is 79.9 Å². The van der Waals surface area contributed by atoms with E-state index < -0.39 is 6.10 Å². The second-order valence-electron chi connectivity index (χ2n) is 21.5. The molecule has 9 atom stereocenters. The number of amides is 2. The zero-order valence-corrected chi connectivity index (χ0v) is 47.0. The zero-order chi connectivity index (χ0) is 52.0. The van der Waals surface area contributed by atoms with E-state index in [1.807, 2.05) is 48.5 Å². The number of carbonyl (C=O) groups is 2. The fraction of sp³-hybridized carbons (Fsp3) is 0.576. The number of hydrogen-bond donors (Lipinski definition) is 4. The number of hydrogen-bond acceptors (Lipinski definition) is 7. The molecule has 8 aliphatic rings. The first-order chi connectivity index (χ1) is 36.9. The van der Waals surface area contributed by atoms with E-state index in [0.717, 1.165) is 68.1 Å². The topological polar surface area (TPSA) is 185 Å². The number of H-pyrrole nitrogens is 1. The number of nitrogens with zero attached hydrogens (tertiary/aromatic N) is 6. The van der Waals surface area contributed by atoms with Crippen LogP contribution in [0.3, 0.4) is 0 Å². The van der Waals surface area contributed by atoms with Gasteiger partial charge in [0.25, 0.3) is 11.8 Å². The van der Waals surface area contributed by atoms with Crippen LogP contribution >= 0.6 is 9.64 Å². The van der Waals surface area contributed by atoms with E-state index in [1.54, 1.807) is 24.7 Å². The molecule has 75 heavy (non-hydrogen) atoms. The minimum atomic E-state index is -0.640. The molecule has 6 aliphatic heterocycles. The Morgan fingerprint density at radius 1 is 0.773 bits per heavy atom. The van der Waals surface area contributed by atoms with E-state index in [4.69, 9.17) is 9.47 Å². The monoisotopic (exact) mass is 1220 g/mol. The van der Waals surface area contributed by atoms with Gasteiger partial charge >= 0.3 is 27.2 Å². The third kappa shape index (κ3) is 13.4. The SMILES string of the molecule is C1CCC(C2CCCC[N-]2)[N-]C1.C1CCC(C2CCCC[N-]2)[N-]C1.CN1CC[C@]23c4c5ccc(OCCCNC(=O)c6ccc(-c7ccc(C(=O)NCCc8cnc[nH]8)cc7)cc6)c4O[C@H]2[C@@H](O)C=C[C@H]3[C@H]1C5.[Cl][Os]. The van der Waals surface area contributed by atoms with Crippen molar-refractivity contribution in [3.63, 3.8) is 0 Å². The number of aliphatic hydroxyl groups excluding tert-OH is 1. The van der Waals surface area contributed by atoms with Crippen LogP contribution in [-0.2, 0) is 35.9 Å². The molecule has 7 heterocycles. The van der Waals surface area contributed by atoms with Crippen LogP contribution in [0.15, 0.2) is 85.3 Å². The normalized spacial score (nSPS) is 28.3. The van der Waals surface area contributed by atoms with Crippen LogP contribution in [0.1, 0.15) is 127 Å². The van der Waals surface area contributed by atoms with E-state index in [-0.39, 0.29) is 23.3 Å². The average molecular weight is 1220 g/mol. The summed E-state index contributed by atoms with van der Waals surface area (Å²) < 4.78 is 12.8. The molecule has 1 aromatic heterocycles. The van der Waals surface area contributed by atoms with E-state index in [9.17, 15) is 14.7 Å². The number of carbonyl (C=O) groups excluding carboxylic acids is 2. The van der Waals surface area contributed by atoms with E-state index >= 15 is 0 Å². The van der Waals surface area contributed by atoms with Crippen molar-refractivity contribution < 1.29 is 41.8 Å². The Labute approximate surface area is 459 Å². The van der Waals surface area contributed by atoms with Crippen molar-refractivity contribution >= 4 is 21.5 Å². The summed E-state index contributed by atoms with van der Waals surface area (Å²) in [6, 6.07) is 21.9. The van der Waals surface area contributed by atoms with Gasteiger partial charge in [0.05, 0.1) is 12.9 Å². The molecule has 5 saturated heterocycles. The van der Waals surface area contributed by atoms with Gasteiger partial charge in [-0.15, -0.1) is 26.2 Å². The van der Waals surface area contributed by atoms with Gasteiger partial charge in [0.2, 0.25) is 0 Å². The Morgan fingerprint density at radius 3 is 1.83 bits per heavy atom. The third-order valence-electron chi connectivity index (χ3n) is 16.8. The number of aliphatic hydroxyl groups is 1. The fourth-order valence-electron chi connectivity index (χ4n) is 12.9. The summed E-state index contributed by atoms with van der Waals surface area (Å²) >= 11 is 1.33. The van der Waals surface area contributed by atoms with Crippen molar-refractivity contribution in [2.45, 2.75) is 151 Å². The number of ether oxygens (including phenoxy) is 2.